The summed E-state index contributed by atoms with van der Waals surface area (Å²) in [6.07, 6.45) is 1.47. The van der Waals surface area contributed by atoms with Gasteiger partial charge in [0.25, 0.3) is 0 Å². The van der Waals surface area contributed by atoms with E-state index in [0.717, 1.165) is 18.9 Å². The number of benzene rings is 2. The van der Waals surface area contributed by atoms with Crippen LogP contribution >= 0.6 is 11.6 Å². The number of aromatic hydroxyl groups is 2. The standard InChI is InChI=1S/C22H20ClNO5/c1-24-7-6-13(12(10-24)11-25)20-16(26)8-17(27)21-18(28)9-19(29-22(20)21)14-4-2-3-5-15(14)23/h2-5,8-9,11-13,26-27H,6-7,10H2,1H3. The van der Waals surface area contributed by atoms with E-state index in [1.165, 1.54) is 6.07 Å². The first-order valence-corrected chi connectivity index (χ1v) is 9.70. The van der Waals surface area contributed by atoms with E-state index in [1.807, 2.05) is 11.9 Å². The lowest BCUT2D eigenvalue weighted by molar-refractivity contribution is -0.113. The summed E-state index contributed by atoms with van der Waals surface area (Å²) in [6, 6.07) is 9.35. The number of hydrogen-bond acceptors (Lipinski definition) is 6. The summed E-state index contributed by atoms with van der Waals surface area (Å²) in [7, 11) is 1.93. The highest BCUT2D eigenvalue weighted by molar-refractivity contribution is 6.33. The number of aldehydes is 1. The summed E-state index contributed by atoms with van der Waals surface area (Å²) in [4.78, 5) is 26.6. The second-order valence-corrected chi connectivity index (χ2v) is 7.85. The largest absolute Gasteiger partial charge is 0.507 e. The van der Waals surface area contributed by atoms with Crippen LogP contribution in [0.1, 0.15) is 17.9 Å². The molecule has 0 saturated carbocycles. The molecule has 150 valence electrons. The van der Waals surface area contributed by atoms with Gasteiger partial charge in [-0.25, -0.2) is 0 Å². The Balaban J connectivity index is 2.01. The van der Waals surface area contributed by atoms with Crippen LogP contribution in [0.25, 0.3) is 22.3 Å². The zero-order chi connectivity index (χ0) is 20.7. The second-order valence-electron chi connectivity index (χ2n) is 7.44. The molecule has 2 N–H and O–H groups in total. The highest BCUT2D eigenvalue weighted by Gasteiger charge is 2.34. The highest BCUT2D eigenvalue weighted by Crippen LogP contribution is 2.44. The third-order valence-electron chi connectivity index (χ3n) is 5.54. The van der Waals surface area contributed by atoms with Crippen LogP contribution < -0.4 is 5.43 Å². The third kappa shape index (κ3) is 3.39. The first-order valence-electron chi connectivity index (χ1n) is 9.32. The average Bonchev–Trinajstić information content (AvgIpc) is 2.68. The lowest BCUT2D eigenvalue weighted by Crippen LogP contribution is -2.37. The molecule has 1 aliphatic rings. The Morgan fingerprint density at radius 1 is 1.21 bits per heavy atom. The predicted octanol–water partition coefficient (Wildman–Crippen LogP) is 3.76. The maximum absolute atomic E-state index is 12.8. The second kappa shape index (κ2) is 7.54. The third-order valence-corrected chi connectivity index (χ3v) is 5.87. The summed E-state index contributed by atoms with van der Waals surface area (Å²) in [6.45, 7) is 1.26. The fourth-order valence-corrected chi connectivity index (χ4v) is 4.35. The lowest BCUT2D eigenvalue weighted by Gasteiger charge is -2.34. The Morgan fingerprint density at radius 3 is 2.69 bits per heavy atom. The van der Waals surface area contributed by atoms with Crippen molar-refractivity contribution < 1.29 is 19.4 Å². The van der Waals surface area contributed by atoms with Gasteiger partial charge in [-0.2, -0.15) is 0 Å². The molecule has 2 atom stereocenters. The average molecular weight is 414 g/mol. The molecule has 2 unspecified atom stereocenters. The topological polar surface area (TPSA) is 91.0 Å². The fraction of sp³-hybridized carbons (Fsp3) is 0.273. The number of nitrogens with zero attached hydrogens (tertiary/aromatic N) is 1. The molecule has 1 aliphatic heterocycles. The summed E-state index contributed by atoms with van der Waals surface area (Å²) in [5.41, 5.74) is 0.535. The molecule has 1 saturated heterocycles. The molecule has 1 fully saturated rings. The molecular weight excluding hydrogens is 394 g/mol. The van der Waals surface area contributed by atoms with Gasteiger partial charge < -0.3 is 24.3 Å². The van der Waals surface area contributed by atoms with Gasteiger partial charge in [-0.3, -0.25) is 4.79 Å². The van der Waals surface area contributed by atoms with Crippen molar-refractivity contribution in [1.82, 2.24) is 4.90 Å². The monoisotopic (exact) mass is 413 g/mol. The van der Waals surface area contributed by atoms with Crippen LogP contribution in [0.5, 0.6) is 11.5 Å². The molecule has 0 amide bonds. The summed E-state index contributed by atoms with van der Waals surface area (Å²) in [5.74, 6) is -1.04. The molecule has 0 radical (unpaired) electrons. The van der Waals surface area contributed by atoms with Crippen molar-refractivity contribution in [3.63, 3.8) is 0 Å². The minimum Gasteiger partial charge on any atom is -0.507 e. The smallest absolute Gasteiger partial charge is 0.197 e. The molecule has 29 heavy (non-hydrogen) atoms. The van der Waals surface area contributed by atoms with E-state index < -0.39 is 5.43 Å². The Hall–Kier alpha value is -2.83. The van der Waals surface area contributed by atoms with Gasteiger partial charge in [-0.15, -0.1) is 0 Å². The zero-order valence-electron chi connectivity index (χ0n) is 15.8. The Labute approximate surface area is 171 Å². The highest BCUT2D eigenvalue weighted by atomic mass is 35.5. The van der Waals surface area contributed by atoms with Crippen molar-refractivity contribution in [2.24, 2.45) is 5.92 Å². The fourth-order valence-electron chi connectivity index (χ4n) is 4.12. The molecule has 7 heteroatoms. The van der Waals surface area contributed by atoms with E-state index in [2.05, 4.69) is 0 Å². The van der Waals surface area contributed by atoms with Crippen molar-refractivity contribution in [1.29, 1.82) is 0 Å². The number of carbonyl (C=O) groups excluding carboxylic acids is 1. The molecular formula is C22H20ClNO5. The van der Waals surface area contributed by atoms with Crippen LogP contribution in [0, 0.1) is 5.92 Å². The van der Waals surface area contributed by atoms with E-state index in [9.17, 15) is 19.8 Å². The Morgan fingerprint density at radius 2 is 1.97 bits per heavy atom. The van der Waals surface area contributed by atoms with Crippen LogP contribution in [-0.2, 0) is 4.79 Å². The number of piperidine rings is 1. The molecule has 4 rings (SSSR count). The summed E-state index contributed by atoms with van der Waals surface area (Å²) >= 11 is 6.26. The number of fused-ring (bicyclic) bond motifs is 1. The Bertz CT molecular complexity index is 1160. The molecule has 0 aliphatic carbocycles. The number of phenols is 2. The van der Waals surface area contributed by atoms with Gasteiger partial charge in [0.2, 0.25) is 0 Å². The van der Waals surface area contributed by atoms with Crippen molar-refractivity contribution in [3.05, 3.63) is 57.2 Å². The first-order chi connectivity index (χ1) is 13.9. The van der Waals surface area contributed by atoms with Crippen molar-refractivity contribution in [3.8, 4) is 22.8 Å². The van der Waals surface area contributed by atoms with Gasteiger partial charge in [0.15, 0.2) is 5.43 Å². The van der Waals surface area contributed by atoms with Crippen LogP contribution in [0.3, 0.4) is 0 Å². The molecule has 2 aromatic carbocycles. The molecule has 0 bridgehead atoms. The number of phenolic OH excluding ortho intramolecular Hbond substituents is 2. The maximum atomic E-state index is 12.8. The van der Waals surface area contributed by atoms with Gasteiger partial charge in [-0.1, -0.05) is 23.7 Å². The lowest BCUT2D eigenvalue weighted by atomic mass is 9.80. The normalized spacial score (nSPS) is 20.1. The maximum Gasteiger partial charge on any atom is 0.197 e. The number of hydrogen-bond donors (Lipinski definition) is 2. The number of rotatable bonds is 3. The minimum atomic E-state index is -0.449. The predicted molar refractivity (Wildman–Crippen MR) is 111 cm³/mol. The van der Waals surface area contributed by atoms with Gasteiger partial charge in [-0.05, 0) is 32.1 Å². The number of likely N-dealkylation sites (tertiary alicyclic amines) is 1. The van der Waals surface area contributed by atoms with E-state index in [-0.39, 0.29) is 40.1 Å². The SMILES string of the molecule is CN1CCC(c2c(O)cc(O)c3c(=O)cc(-c4ccccc4Cl)oc23)C(C=O)C1. The number of halogens is 1. The van der Waals surface area contributed by atoms with Crippen molar-refractivity contribution in [2.45, 2.75) is 12.3 Å². The molecule has 6 nitrogen and oxygen atoms in total. The zero-order valence-corrected chi connectivity index (χ0v) is 16.5. The van der Waals surface area contributed by atoms with E-state index in [0.29, 0.717) is 29.1 Å². The minimum absolute atomic E-state index is 0.0165. The van der Waals surface area contributed by atoms with Gasteiger partial charge in [0, 0.05) is 41.6 Å². The quantitative estimate of drug-likeness (QED) is 0.635. The molecule has 3 aromatic rings. The molecule has 2 heterocycles. The van der Waals surface area contributed by atoms with E-state index >= 15 is 0 Å². The van der Waals surface area contributed by atoms with Crippen LogP contribution in [0.4, 0.5) is 0 Å². The van der Waals surface area contributed by atoms with Gasteiger partial charge >= 0.3 is 0 Å². The summed E-state index contributed by atoms with van der Waals surface area (Å²) in [5, 5.41) is 21.4. The van der Waals surface area contributed by atoms with Crippen molar-refractivity contribution >= 4 is 28.9 Å². The van der Waals surface area contributed by atoms with Crippen LogP contribution in [-0.4, -0.2) is 41.5 Å². The van der Waals surface area contributed by atoms with E-state index in [1.54, 1.807) is 24.3 Å². The molecule has 0 spiro atoms. The molecule has 1 aromatic heterocycles. The first kappa shape index (κ1) is 19.5. The van der Waals surface area contributed by atoms with Crippen molar-refractivity contribution in [2.75, 3.05) is 20.1 Å². The van der Waals surface area contributed by atoms with Gasteiger partial charge in [0.05, 0.1) is 5.02 Å². The van der Waals surface area contributed by atoms with Gasteiger partial charge in [0.1, 0.15) is 34.5 Å². The van der Waals surface area contributed by atoms with Crippen LogP contribution in [0.15, 0.2) is 45.6 Å². The van der Waals surface area contributed by atoms with Crippen LogP contribution in [0.2, 0.25) is 5.02 Å². The Kier molecular flexibility index (Phi) is 5.06. The van der Waals surface area contributed by atoms with E-state index in [4.69, 9.17) is 16.0 Å². The summed E-state index contributed by atoms with van der Waals surface area (Å²) < 4.78 is 6.04. The number of carbonyl (C=O) groups is 1.